The second kappa shape index (κ2) is 7.87. The molecule has 1 amide bonds. The zero-order chi connectivity index (χ0) is 18.7. The minimum atomic E-state index is -3.51. The molecule has 2 heterocycles. The molecule has 0 radical (unpaired) electrons. The quantitative estimate of drug-likeness (QED) is 0.709. The van der Waals surface area contributed by atoms with Gasteiger partial charge in [-0.3, -0.25) is 4.79 Å². The van der Waals surface area contributed by atoms with Gasteiger partial charge >= 0.3 is 0 Å². The van der Waals surface area contributed by atoms with Gasteiger partial charge in [0.25, 0.3) is 0 Å². The highest BCUT2D eigenvalue weighted by Crippen LogP contribution is 2.24. The van der Waals surface area contributed by atoms with Gasteiger partial charge in [0.15, 0.2) is 0 Å². The molecule has 7 nitrogen and oxygen atoms in total. The number of carbonyl (C=O) groups is 1. The Bertz CT molecular complexity index is 889. The highest BCUT2D eigenvalue weighted by Gasteiger charge is 2.35. The predicted octanol–water partition coefficient (Wildman–Crippen LogP) is 1.98. The average molecular weight is 441 g/mol. The Balaban J connectivity index is 1.56. The number of sulfone groups is 1. The zero-order valence-corrected chi connectivity index (χ0v) is 16.9. The van der Waals surface area contributed by atoms with Crippen LogP contribution in [0.5, 0.6) is 0 Å². The molecule has 2 aromatic rings. The molecule has 1 aliphatic heterocycles. The number of halogens is 1. The van der Waals surface area contributed by atoms with E-state index < -0.39 is 15.1 Å². The van der Waals surface area contributed by atoms with Crippen LogP contribution in [0.3, 0.4) is 0 Å². The summed E-state index contributed by atoms with van der Waals surface area (Å²) in [6.45, 7) is 0.910. The summed E-state index contributed by atoms with van der Waals surface area (Å²) in [5.74, 6) is 0.0651. The van der Waals surface area contributed by atoms with Gasteiger partial charge in [0, 0.05) is 31.0 Å². The van der Waals surface area contributed by atoms with Gasteiger partial charge in [-0.2, -0.15) is 0 Å². The minimum absolute atomic E-state index is 0.00351. The SMILES string of the molecule is Cn1cnnc1S(=O)(=O)C1CCN(C(=O)CCc2ccccc2Br)CC1. The zero-order valence-electron chi connectivity index (χ0n) is 14.5. The molecule has 1 aromatic heterocycles. The van der Waals surface area contributed by atoms with Crippen molar-refractivity contribution in [3.63, 3.8) is 0 Å². The van der Waals surface area contributed by atoms with Gasteiger partial charge in [-0.15, -0.1) is 10.2 Å². The summed E-state index contributed by atoms with van der Waals surface area (Å²) < 4.78 is 27.7. The van der Waals surface area contributed by atoms with Crippen molar-refractivity contribution < 1.29 is 13.2 Å². The second-order valence-electron chi connectivity index (χ2n) is 6.44. The highest BCUT2D eigenvalue weighted by atomic mass is 79.9. The van der Waals surface area contributed by atoms with Crippen LogP contribution in [0.15, 0.2) is 40.2 Å². The smallest absolute Gasteiger partial charge is 0.249 e. The molecule has 1 fully saturated rings. The molecule has 0 atom stereocenters. The van der Waals surface area contributed by atoms with Crippen LogP contribution in [-0.4, -0.2) is 52.3 Å². The second-order valence-corrected chi connectivity index (χ2v) is 9.42. The van der Waals surface area contributed by atoms with Gasteiger partial charge in [0.1, 0.15) is 6.33 Å². The van der Waals surface area contributed by atoms with Crippen molar-refractivity contribution in [1.82, 2.24) is 19.7 Å². The van der Waals surface area contributed by atoms with Crippen LogP contribution in [-0.2, 0) is 28.1 Å². The molecule has 140 valence electrons. The average Bonchev–Trinajstić information content (AvgIpc) is 3.08. The van der Waals surface area contributed by atoms with Gasteiger partial charge in [-0.25, -0.2) is 8.42 Å². The highest BCUT2D eigenvalue weighted by molar-refractivity contribution is 9.10. The largest absolute Gasteiger partial charge is 0.343 e. The molecular formula is C17H21BrN4O3S. The number of aromatic nitrogens is 3. The van der Waals surface area contributed by atoms with E-state index in [-0.39, 0.29) is 11.1 Å². The Hall–Kier alpha value is -1.74. The van der Waals surface area contributed by atoms with Crippen molar-refractivity contribution >= 4 is 31.7 Å². The van der Waals surface area contributed by atoms with E-state index in [1.54, 1.807) is 11.9 Å². The van der Waals surface area contributed by atoms with Crippen molar-refractivity contribution in [3.8, 4) is 0 Å². The molecule has 0 N–H and O–H groups in total. The molecule has 3 rings (SSSR count). The lowest BCUT2D eigenvalue weighted by Crippen LogP contribution is -2.43. The van der Waals surface area contributed by atoms with Gasteiger partial charge < -0.3 is 9.47 Å². The number of carbonyl (C=O) groups excluding carboxylic acids is 1. The Kier molecular flexibility index (Phi) is 5.76. The summed E-state index contributed by atoms with van der Waals surface area (Å²) in [5.41, 5.74) is 1.10. The molecule has 1 aromatic carbocycles. The summed E-state index contributed by atoms with van der Waals surface area (Å²) >= 11 is 3.49. The number of likely N-dealkylation sites (tertiary alicyclic amines) is 1. The molecule has 1 aliphatic rings. The summed E-state index contributed by atoms with van der Waals surface area (Å²) in [5, 5.41) is 6.86. The van der Waals surface area contributed by atoms with E-state index in [0.717, 1.165) is 10.0 Å². The maximum Gasteiger partial charge on any atom is 0.249 e. The third kappa shape index (κ3) is 3.98. The summed E-state index contributed by atoms with van der Waals surface area (Å²) in [4.78, 5) is 14.2. The molecule has 0 bridgehead atoms. The van der Waals surface area contributed by atoms with Crippen LogP contribution in [0.4, 0.5) is 0 Å². The number of amides is 1. The molecule has 0 saturated carbocycles. The third-order valence-electron chi connectivity index (χ3n) is 4.72. The molecule has 26 heavy (non-hydrogen) atoms. The number of hydrogen-bond acceptors (Lipinski definition) is 5. The number of aryl methyl sites for hydroxylation is 2. The van der Waals surface area contributed by atoms with Crippen molar-refractivity contribution in [3.05, 3.63) is 40.6 Å². The van der Waals surface area contributed by atoms with Crippen molar-refractivity contribution in [2.75, 3.05) is 13.1 Å². The van der Waals surface area contributed by atoms with Gasteiger partial charge in [0.2, 0.25) is 20.9 Å². The first kappa shape index (κ1) is 19.0. The van der Waals surface area contributed by atoms with E-state index in [2.05, 4.69) is 26.1 Å². The van der Waals surface area contributed by atoms with Crippen molar-refractivity contribution in [1.29, 1.82) is 0 Å². The summed E-state index contributed by atoms with van der Waals surface area (Å²) in [6.07, 6.45) is 3.32. The predicted molar refractivity (Wildman–Crippen MR) is 100 cm³/mol. The third-order valence-corrected chi connectivity index (χ3v) is 7.73. The molecule has 1 saturated heterocycles. The van der Waals surface area contributed by atoms with Crippen LogP contribution in [0, 0.1) is 0 Å². The lowest BCUT2D eigenvalue weighted by atomic mass is 10.1. The Morgan fingerprint density at radius 2 is 1.96 bits per heavy atom. The first-order valence-corrected chi connectivity index (χ1v) is 10.8. The van der Waals surface area contributed by atoms with E-state index in [0.29, 0.717) is 38.8 Å². The minimum Gasteiger partial charge on any atom is -0.343 e. The number of nitrogens with zero attached hydrogens (tertiary/aromatic N) is 4. The Labute approximate surface area is 161 Å². The normalized spacial score (nSPS) is 16.0. The first-order chi connectivity index (χ1) is 12.4. The van der Waals surface area contributed by atoms with Crippen LogP contribution < -0.4 is 0 Å². The van der Waals surface area contributed by atoms with E-state index in [1.807, 2.05) is 24.3 Å². The van der Waals surface area contributed by atoms with E-state index in [9.17, 15) is 13.2 Å². The lowest BCUT2D eigenvalue weighted by molar-refractivity contribution is -0.132. The fourth-order valence-corrected chi connectivity index (χ4v) is 5.42. The Morgan fingerprint density at radius 3 is 2.58 bits per heavy atom. The van der Waals surface area contributed by atoms with Crippen LogP contribution in [0.2, 0.25) is 0 Å². The number of hydrogen-bond donors (Lipinski definition) is 0. The molecule has 0 aliphatic carbocycles. The number of piperidine rings is 1. The van der Waals surface area contributed by atoms with Gasteiger partial charge in [-0.1, -0.05) is 34.1 Å². The number of benzene rings is 1. The van der Waals surface area contributed by atoms with Crippen LogP contribution in [0.1, 0.15) is 24.8 Å². The van der Waals surface area contributed by atoms with Crippen LogP contribution in [0.25, 0.3) is 0 Å². The van der Waals surface area contributed by atoms with Crippen molar-refractivity contribution in [2.24, 2.45) is 7.05 Å². The maximum atomic E-state index is 12.7. The maximum absolute atomic E-state index is 12.7. The standard InChI is InChI=1S/C17H21BrN4O3S/c1-21-12-19-20-17(21)26(24,25)14-8-10-22(11-9-14)16(23)7-6-13-4-2-3-5-15(13)18/h2-5,12,14H,6-11H2,1H3. The first-order valence-electron chi connectivity index (χ1n) is 8.48. The summed E-state index contributed by atoms with van der Waals surface area (Å²) in [7, 11) is -1.90. The van der Waals surface area contributed by atoms with E-state index in [1.165, 1.54) is 10.9 Å². The topological polar surface area (TPSA) is 85.2 Å². The number of rotatable bonds is 5. The van der Waals surface area contributed by atoms with Crippen LogP contribution >= 0.6 is 15.9 Å². The van der Waals surface area contributed by atoms with Crippen molar-refractivity contribution in [2.45, 2.75) is 36.1 Å². The fourth-order valence-electron chi connectivity index (χ4n) is 3.20. The van der Waals surface area contributed by atoms with Gasteiger partial charge in [0.05, 0.1) is 5.25 Å². The Morgan fingerprint density at radius 1 is 1.27 bits per heavy atom. The monoisotopic (exact) mass is 440 g/mol. The molecule has 0 spiro atoms. The van der Waals surface area contributed by atoms with E-state index >= 15 is 0 Å². The van der Waals surface area contributed by atoms with E-state index in [4.69, 9.17) is 0 Å². The molecule has 9 heteroatoms. The fraction of sp³-hybridized carbons (Fsp3) is 0.471. The molecular weight excluding hydrogens is 420 g/mol. The summed E-state index contributed by atoms with van der Waals surface area (Å²) in [6, 6.07) is 7.85. The lowest BCUT2D eigenvalue weighted by Gasteiger charge is -2.31. The molecule has 0 unspecified atom stereocenters. The van der Waals surface area contributed by atoms with Gasteiger partial charge in [-0.05, 0) is 30.9 Å².